The molecule has 156 valence electrons. The predicted molar refractivity (Wildman–Crippen MR) is 116 cm³/mol. The lowest BCUT2D eigenvalue weighted by atomic mass is 9.99. The molecule has 3 aromatic rings. The fraction of sp³-hybridized carbons (Fsp3) is 0.190. The van der Waals surface area contributed by atoms with Crippen LogP contribution in [-0.2, 0) is 23.0 Å². The van der Waals surface area contributed by atoms with E-state index < -0.39 is 10.0 Å². The summed E-state index contributed by atoms with van der Waals surface area (Å²) in [6.45, 7) is 2.64. The van der Waals surface area contributed by atoms with Crippen molar-refractivity contribution in [2.75, 3.05) is 11.3 Å². The maximum Gasteiger partial charge on any atom is 0.289 e. The Kier molecular flexibility index (Phi) is 5.53. The van der Waals surface area contributed by atoms with Crippen molar-refractivity contribution in [3.05, 3.63) is 81.2 Å². The molecule has 0 unspecified atom stereocenters. The van der Waals surface area contributed by atoms with Crippen LogP contribution in [0.3, 0.4) is 0 Å². The number of rotatable bonds is 4. The fourth-order valence-electron chi connectivity index (χ4n) is 3.40. The summed E-state index contributed by atoms with van der Waals surface area (Å²) >= 11 is 12.1. The summed E-state index contributed by atoms with van der Waals surface area (Å²) in [4.78, 5) is 14.2. The summed E-state index contributed by atoms with van der Waals surface area (Å²) in [6.07, 6.45) is 2.14. The summed E-state index contributed by atoms with van der Waals surface area (Å²) < 4.78 is 33.5. The van der Waals surface area contributed by atoms with Gasteiger partial charge >= 0.3 is 0 Å². The summed E-state index contributed by atoms with van der Waals surface area (Å²) in [7, 11) is -3.91. The zero-order chi connectivity index (χ0) is 21.5. The number of amides is 1. The van der Waals surface area contributed by atoms with E-state index in [1.807, 2.05) is 6.07 Å². The molecule has 1 N–H and O–H groups in total. The van der Waals surface area contributed by atoms with E-state index in [2.05, 4.69) is 4.72 Å². The SMILES string of the molecule is Cc1cc(S(=O)(=O)Nc2ccc3c(c2)CN(C(=O)c2ccco2)CC3)c(Cl)cc1Cl. The van der Waals surface area contributed by atoms with E-state index in [-0.39, 0.29) is 21.6 Å². The zero-order valence-electron chi connectivity index (χ0n) is 16.0. The second kappa shape index (κ2) is 7.98. The molecule has 0 atom stereocenters. The summed E-state index contributed by atoms with van der Waals surface area (Å²) in [5.74, 6) is 0.0862. The van der Waals surface area contributed by atoms with Gasteiger partial charge in [0.15, 0.2) is 5.76 Å². The number of anilines is 1. The highest BCUT2D eigenvalue weighted by molar-refractivity contribution is 7.92. The van der Waals surface area contributed by atoms with Crippen LogP contribution < -0.4 is 4.72 Å². The van der Waals surface area contributed by atoms with E-state index in [4.69, 9.17) is 27.6 Å². The Morgan fingerprint density at radius 3 is 2.63 bits per heavy atom. The van der Waals surface area contributed by atoms with Crippen LogP contribution in [0.5, 0.6) is 0 Å². The lowest BCUT2D eigenvalue weighted by Gasteiger charge is -2.28. The molecular formula is C21H18Cl2N2O4S. The second-order valence-electron chi connectivity index (χ2n) is 7.07. The number of halogens is 2. The summed E-state index contributed by atoms with van der Waals surface area (Å²) in [5.41, 5.74) is 2.95. The zero-order valence-corrected chi connectivity index (χ0v) is 18.3. The van der Waals surface area contributed by atoms with Gasteiger partial charge in [-0.25, -0.2) is 8.42 Å². The minimum Gasteiger partial charge on any atom is -0.459 e. The van der Waals surface area contributed by atoms with Crippen LogP contribution >= 0.6 is 23.2 Å². The maximum absolute atomic E-state index is 12.9. The molecular weight excluding hydrogens is 447 g/mol. The van der Waals surface area contributed by atoms with Crippen LogP contribution in [-0.4, -0.2) is 25.8 Å². The molecule has 1 aromatic heterocycles. The minimum atomic E-state index is -3.91. The van der Waals surface area contributed by atoms with Gasteiger partial charge in [0.05, 0.1) is 11.3 Å². The Bertz CT molecular complexity index is 1220. The van der Waals surface area contributed by atoms with E-state index in [9.17, 15) is 13.2 Å². The third kappa shape index (κ3) is 4.05. The largest absolute Gasteiger partial charge is 0.459 e. The minimum absolute atomic E-state index is 0.0431. The van der Waals surface area contributed by atoms with Gasteiger partial charge in [-0.2, -0.15) is 0 Å². The molecule has 1 amide bonds. The van der Waals surface area contributed by atoms with Crippen molar-refractivity contribution in [2.45, 2.75) is 24.8 Å². The van der Waals surface area contributed by atoms with Crippen molar-refractivity contribution in [3.8, 4) is 0 Å². The number of hydrogen-bond acceptors (Lipinski definition) is 4. The van der Waals surface area contributed by atoms with Gasteiger partial charge in [0.2, 0.25) is 0 Å². The molecule has 0 spiro atoms. The van der Waals surface area contributed by atoms with E-state index in [0.717, 1.165) is 11.1 Å². The van der Waals surface area contributed by atoms with Crippen LogP contribution in [0.2, 0.25) is 10.0 Å². The van der Waals surface area contributed by atoms with Crippen molar-refractivity contribution in [3.63, 3.8) is 0 Å². The topological polar surface area (TPSA) is 79.6 Å². The van der Waals surface area contributed by atoms with Crippen LogP contribution in [0.25, 0.3) is 0 Å². The van der Waals surface area contributed by atoms with Crippen molar-refractivity contribution < 1.29 is 17.6 Å². The van der Waals surface area contributed by atoms with Crippen molar-refractivity contribution in [1.29, 1.82) is 0 Å². The Morgan fingerprint density at radius 1 is 1.10 bits per heavy atom. The van der Waals surface area contributed by atoms with Crippen LogP contribution in [0, 0.1) is 6.92 Å². The lowest BCUT2D eigenvalue weighted by Crippen LogP contribution is -2.35. The second-order valence-corrected chi connectivity index (χ2v) is 9.54. The normalized spacial score (nSPS) is 13.8. The third-order valence-electron chi connectivity index (χ3n) is 4.99. The van der Waals surface area contributed by atoms with Crippen LogP contribution in [0.15, 0.2) is 58.0 Å². The molecule has 0 radical (unpaired) electrons. The molecule has 30 heavy (non-hydrogen) atoms. The summed E-state index contributed by atoms with van der Waals surface area (Å²) in [6, 6.07) is 11.5. The van der Waals surface area contributed by atoms with Gasteiger partial charge < -0.3 is 9.32 Å². The first-order valence-corrected chi connectivity index (χ1v) is 11.4. The van der Waals surface area contributed by atoms with Gasteiger partial charge in [-0.15, -0.1) is 0 Å². The number of sulfonamides is 1. The van der Waals surface area contributed by atoms with Crippen molar-refractivity contribution in [1.82, 2.24) is 4.90 Å². The van der Waals surface area contributed by atoms with Crippen LogP contribution in [0.4, 0.5) is 5.69 Å². The number of carbonyl (C=O) groups is 1. The van der Waals surface area contributed by atoms with Gasteiger partial charge in [-0.05, 0) is 66.4 Å². The molecule has 0 saturated carbocycles. The Labute approximate surface area is 184 Å². The van der Waals surface area contributed by atoms with E-state index >= 15 is 0 Å². The number of nitrogens with one attached hydrogen (secondary N) is 1. The van der Waals surface area contributed by atoms with Crippen molar-refractivity contribution >= 4 is 44.8 Å². The number of carbonyl (C=O) groups excluding carboxylic acids is 1. The van der Waals surface area contributed by atoms with Gasteiger partial charge in [0.1, 0.15) is 4.90 Å². The molecule has 4 rings (SSSR count). The molecule has 9 heteroatoms. The molecule has 2 heterocycles. The fourth-order valence-corrected chi connectivity index (χ4v) is 5.28. The molecule has 1 aliphatic rings. The third-order valence-corrected chi connectivity index (χ3v) is 7.25. The summed E-state index contributed by atoms with van der Waals surface area (Å²) in [5, 5.41) is 0.445. The highest BCUT2D eigenvalue weighted by atomic mass is 35.5. The van der Waals surface area contributed by atoms with Crippen molar-refractivity contribution in [2.24, 2.45) is 0 Å². The first-order valence-electron chi connectivity index (χ1n) is 9.17. The van der Waals surface area contributed by atoms with Gasteiger partial charge in [0.25, 0.3) is 15.9 Å². The van der Waals surface area contributed by atoms with Gasteiger partial charge in [-0.3, -0.25) is 9.52 Å². The molecule has 2 aromatic carbocycles. The number of benzene rings is 2. The number of hydrogen-bond donors (Lipinski definition) is 1. The first kappa shape index (κ1) is 20.8. The average molecular weight is 465 g/mol. The quantitative estimate of drug-likeness (QED) is 0.595. The first-order chi connectivity index (χ1) is 14.2. The predicted octanol–water partition coefficient (Wildman–Crippen LogP) is 4.89. The lowest BCUT2D eigenvalue weighted by molar-refractivity contribution is 0.0702. The molecule has 1 aliphatic heterocycles. The molecule has 0 fully saturated rings. The van der Waals surface area contributed by atoms with Gasteiger partial charge in [-0.1, -0.05) is 29.3 Å². The molecule has 6 nitrogen and oxygen atoms in total. The van der Waals surface area contributed by atoms with Gasteiger partial charge in [0, 0.05) is 23.8 Å². The van der Waals surface area contributed by atoms with E-state index in [1.165, 1.54) is 18.4 Å². The average Bonchev–Trinajstić information content (AvgIpc) is 3.24. The number of aryl methyl sites for hydroxylation is 1. The molecule has 0 bridgehead atoms. The Hall–Kier alpha value is -2.48. The molecule has 0 saturated heterocycles. The van der Waals surface area contributed by atoms with Crippen LogP contribution in [0.1, 0.15) is 27.2 Å². The highest BCUT2D eigenvalue weighted by Crippen LogP contribution is 2.30. The Balaban J connectivity index is 1.58. The number of nitrogens with zero attached hydrogens (tertiary/aromatic N) is 1. The van der Waals surface area contributed by atoms with E-state index in [1.54, 1.807) is 36.1 Å². The Morgan fingerprint density at radius 2 is 1.90 bits per heavy atom. The number of fused-ring (bicyclic) bond motifs is 1. The number of furan rings is 1. The standard InChI is InChI=1S/C21H18Cl2N2O4S/c1-13-9-20(18(23)11-17(13)22)30(27,28)24-16-5-4-14-6-7-25(12-15(14)10-16)21(26)19-3-2-8-29-19/h2-5,8-11,24H,6-7,12H2,1H3. The smallest absolute Gasteiger partial charge is 0.289 e. The monoisotopic (exact) mass is 464 g/mol. The highest BCUT2D eigenvalue weighted by Gasteiger charge is 2.25. The molecule has 0 aliphatic carbocycles. The van der Waals surface area contributed by atoms with E-state index in [0.29, 0.717) is 35.8 Å². The maximum atomic E-state index is 12.9.